The molecule has 0 radical (unpaired) electrons. The average molecular weight is 351 g/mol. The van der Waals surface area contributed by atoms with E-state index in [-0.39, 0.29) is 5.56 Å². The van der Waals surface area contributed by atoms with Crippen molar-refractivity contribution in [2.24, 2.45) is 0 Å². The molecule has 1 aromatic carbocycles. The second-order valence-electron chi connectivity index (χ2n) is 6.66. The van der Waals surface area contributed by atoms with Gasteiger partial charge in [-0.2, -0.15) is 0 Å². The van der Waals surface area contributed by atoms with Crippen molar-refractivity contribution in [2.75, 3.05) is 0 Å². The number of aryl methyl sites for hydroxylation is 1. The minimum absolute atomic E-state index is 0.0695. The van der Waals surface area contributed by atoms with E-state index in [9.17, 15) is 9.59 Å². The first-order chi connectivity index (χ1) is 12.7. The van der Waals surface area contributed by atoms with Crippen LogP contribution in [0.1, 0.15) is 51.3 Å². The summed E-state index contributed by atoms with van der Waals surface area (Å²) in [6.07, 6.45) is 10.1. The van der Waals surface area contributed by atoms with E-state index in [1.54, 1.807) is 6.20 Å². The number of carbonyl (C=O) groups is 1. The van der Waals surface area contributed by atoms with Crippen LogP contribution in [0.3, 0.4) is 0 Å². The van der Waals surface area contributed by atoms with Gasteiger partial charge in [-0.15, -0.1) is 0 Å². The Morgan fingerprint density at radius 3 is 2.81 bits per heavy atom. The van der Waals surface area contributed by atoms with Crippen molar-refractivity contribution in [3.63, 3.8) is 0 Å². The molecule has 2 heterocycles. The van der Waals surface area contributed by atoms with Crippen LogP contribution >= 0.6 is 0 Å². The summed E-state index contributed by atoms with van der Waals surface area (Å²) < 4.78 is 0. The van der Waals surface area contributed by atoms with Crippen LogP contribution in [0, 0.1) is 0 Å². The fourth-order valence-corrected chi connectivity index (χ4v) is 3.14. The highest BCUT2D eigenvalue weighted by molar-refractivity contribution is 5.85. The van der Waals surface area contributed by atoms with E-state index in [0.29, 0.717) is 24.0 Å². The summed E-state index contributed by atoms with van der Waals surface area (Å²) >= 11 is 0. The Morgan fingerprint density at radius 1 is 1.12 bits per heavy atom. The number of unbranched alkanes of at least 4 members (excludes halogenated alkanes) is 3. The van der Waals surface area contributed by atoms with Crippen molar-refractivity contribution < 1.29 is 4.79 Å². The van der Waals surface area contributed by atoms with Gasteiger partial charge in [0.1, 0.15) is 11.6 Å². The Morgan fingerprint density at radius 2 is 1.96 bits per heavy atom. The Bertz CT molecular complexity index is 940. The number of pyridine rings is 1. The fourth-order valence-electron chi connectivity index (χ4n) is 3.14. The highest BCUT2D eigenvalue weighted by Crippen LogP contribution is 2.21. The van der Waals surface area contributed by atoms with Crippen LogP contribution in [0.25, 0.3) is 22.0 Å². The van der Waals surface area contributed by atoms with Crippen molar-refractivity contribution >= 4 is 16.6 Å². The van der Waals surface area contributed by atoms with Crippen LogP contribution < -0.4 is 5.56 Å². The SMILES string of the molecule is CCC(=O)CCCCCCc1ncc(-c2ccc3c(=O)[nH]ccc3c2)[nH]1. The summed E-state index contributed by atoms with van der Waals surface area (Å²) in [6, 6.07) is 7.70. The number of fused-ring (bicyclic) bond motifs is 1. The number of rotatable bonds is 9. The van der Waals surface area contributed by atoms with E-state index in [0.717, 1.165) is 54.6 Å². The Balaban J connectivity index is 1.55. The van der Waals surface area contributed by atoms with Gasteiger partial charge in [-0.1, -0.05) is 25.8 Å². The van der Waals surface area contributed by atoms with Crippen molar-refractivity contribution in [1.82, 2.24) is 15.0 Å². The Labute approximate surface area is 152 Å². The molecule has 0 unspecified atom stereocenters. The van der Waals surface area contributed by atoms with Gasteiger partial charge in [0, 0.05) is 36.4 Å². The fraction of sp³-hybridized carbons (Fsp3) is 0.381. The van der Waals surface area contributed by atoms with Gasteiger partial charge in [-0.25, -0.2) is 4.98 Å². The smallest absolute Gasteiger partial charge is 0.255 e. The molecular formula is C21H25N3O2. The molecule has 0 aliphatic rings. The van der Waals surface area contributed by atoms with Gasteiger partial charge in [0.2, 0.25) is 0 Å². The van der Waals surface area contributed by atoms with E-state index < -0.39 is 0 Å². The van der Waals surface area contributed by atoms with Gasteiger partial charge in [-0.05, 0) is 36.4 Å². The van der Waals surface area contributed by atoms with E-state index in [4.69, 9.17) is 0 Å². The van der Waals surface area contributed by atoms with Crippen LogP contribution in [-0.2, 0) is 11.2 Å². The number of H-pyrrole nitrogens is 2. The number of imidazole rings is 1. The minimum Gasteiger partial charge on any atom is -0.342 e. The number of ketones is 1. The van der Waals surface area contributed by atoms with Gasteiger partial charge in [0.25, 0.3) is 5.56 Å². The van der Waals surface area contributed by atoms with Crippen molar-refractivity contribution in [1.29, 1.82) is 0 Å². The maximum absolute atomic E-state index is 11.8. The first-order valence-corrected chi connectivity index (χ1v) is 9.35. The number of hydrogen-bond donors (Lipinski definition) is 2. The third-order valence-corrected chi connectivity index (χ3v) is 4.73. The Kier molecular flexibility index (Phi) is 6.00. The molecule has 0 saturated carbocycles. The van der Waals surface area contributed by atoms with Crippen LogP contribution in [0.4, 0.5) is 0 Å². The summed E-state index contributed by atoms with van der Waals surface area (Å²) in [7, 11) is 0. The average Bonchev–Trinajstić information content (AvgIpc) is 3.13. The number of nitrogens with one attached hydrogen (secondary N) is 2. The van der Waals surface area contributed by atoms with E-state index >= 15 is 0 Å². The lowest BCUT2D eigenvalue weighted by molar-refractivity contribution is -0.118. The molecule has 0 amide bonds. The monoisotopic (exact) mass is 351 g/mol. The predicted molar refractivity (Wildman–Crippen MR) is 104 cm³/mol. The molecule has 0 saturated heterocycles. The van der Waals surface area contributed by atoms with Gasteiger partial charge >= 0.3 is 0 Å². The number of benzene rings is 1. The second-order valence-corrected chi connectivity index (χ2v) is 6.66. The third kappa shape index (κ3) is 4.48. The molecule has 3 aromatic rings. The number of aromatic nitrogens is 3. The first-order valence-electron chi connectivity index (χ1n) is 9.35. The lowest BCUT2D eigenvalue weighted by Gasteiger charge is -2.02. The Hall–Kier alpha value is -2.69. The van der Waals surface area contributed by atoms with Crippen LogP contribution in [-0.4, -0.2) is 20.7 Å². The number of hydrogen-bond acceptors (Lipinski definition) is 3. The summed E-state index contributed by atoms with van der Waals surface area (Å²) in [4.78, 5) is 33.6. The number of aromatic amines is 2. The molecule has 0 atom stereocenters. The zero-order valence-corrected chi connectivity index (χ0v) is 15.2. The molecule has 0 spiro atoms. The molecule has 0 fully saturated rings. The summed E-state index contributed by atoms with van der Waals surface area (Å²) in [6.45, 7) is 1.92. The van der Waals surface area contributed by atoms with Crippen LogP contribution in [0.5, 0.6) is 0 Å². The third-order valence-electron chi connectivity index (χ3n) is 4.73. The molecule has 0 bridgehead atoms. The molecular weight excluding hydrogens is 326 g/mol. The van der Waals surface area contributed by atoms with Crippen molar-refractivity contribution in [2.45, 2.75) is 51.9 Å². The van der Waals surface area contributed by atoms with E-state index in [2.05, 4.69) is 15.0 Å². The molecule has 2 aromatic heterocycles. The highest BCUT2D eigenvalue weighted by atomic mass is 16.1. The molecule has 0 aliphatic heterocycles. The highest BCUT2D eigenvalue weighted by Gasteiger charge is 2.06. The van der Waals surface area contributed by atoms with E-state index in [1.165, 1.54) is 0 Å². The van der Waals surface area contributed by atoms with Crippen LogP contribution in [0.15, 0.2) is 41.5 Å². The quantitative estimate of drug-likeness (QED) is 0.561. The molecule has 26 heavy (non-hydrogen) atoms. The normalized spacial score (nSPS) is 11.1. The predicted octanol–water partition coefficient (Wildman–Crippen LogP) is 4.39. The lowest BCUT2D eigenvalue weighted by atomic mass is 10.1. The summed E-state index contributed by atoms with van der Waals surface area (Å²) in [5, 5.41) is 1.61. The van der Waals surface area contributed by atoms with E-state index in [1.807, 2.05) is 37.4 Å². The topological polar surface area (TPSA) is 78.6 Å². The largest absolute Gasteiger partial charge is 0.342 e. The van der Waals surface area contributed by atoms with Crippen molar-refractivity contribution in [3.05, 3.63) is 52.8 Å². The second kappa shape index (κ2) is 8.61. The standard InChI is InChI=1S/C21H25N3O2/c1-2-17(25)7-5-3-4-6-8-20-23-14-19(24-20)16-9-10-18-15(13-16)11-12-22-21(18)26/h9-14H,2-8H2,1H3,(H,22,26)(H,23,24). The zero-order chi connectivity index (χ0) is 18.4. The molecule has 136 valence electrons. The zero-order valence-electron chi connectivity index (χ0n) is 15.2. The molecule has 5 nitrogen and oxygen atoms in total. The summed E-state index contributed by atoms with van der Waals surface area (Å²) in [5.74, 6) is 1.34. The maximum atomic E-state index is 11.8. The van der Waals surface area contributed by atoms with Gasteiger partial charge in [-0.3, -0.25) is 9.59 Å². The number of nitrogens with zero attached hydrogens (tertiary/aromatic N) is 1. The van der Waals surface area contributed by atoms with Gasteiger partial charge in [0.15, 0.2) is 0 Å². The van der Waals surface area contributed by atoms with Crippen molar-refractivity contribution in [3.8, 4) is 11.3 Å². The maximum Gasteiger partial charge on any atom is 0.255 e. The lowest BCUT2D eigenvalue weighted by Crippen LogP contribution is -2.03. The van der Waals surface area contributed by atoms with Crippen LogP contribution in [0.2, 0.25) is 0 Å². The van der Waals surface area contributed by atoms with Gasteiger partial charge in [0.05, 0.1) is 11.9 Å². The molecule has 3 rings (SSSR count). The summed E-state index contributed by atoms with van der Waals surface area (Å²) in [5.41, 5.74) is 1.93. The first kappa shape index (κ1) is 18.1. The minimum atomic E-state index is -0.0695. The van der Waals surface area contributed by atoms with Gasteiger partial charge < -0.3 is 9.97 Å². The molecule has 2 N–H and O–H groups in total. The molecule has 0 aliphatic carbocycles. The molecule has 5 heteroatoms. The number of carbonyl (C=O) groups excluding carboxylic acids is 1. The number of Topliss-reactive ketones (excluding diaryl/α,β-unsaturated/α-hetero) is 1.